The predicted octanol–water partition coefficient (Wildman–Crippen LogP) is 2.45. The molecule has 0 saturated carbocycles. The Morgan fingerprint density at radius 1 is 1.23 bits per heavy atom. The molecule has 0 radical (unpaired) electrons. The molecule has 1 aromatic heterocycles. The number of ether oxygens (including phenoxy) is 1. The lowest BCUT2D eigenvalue weighted by atomic mass is 10.2. The van der Waals surface area contributed by atoms with E-state index in [2.05, 4.69) is 5.10 Å². The molecule has 2 aromatic rings. The van der Waals surface area contributed by atoms with Gasteiger partial charge in [-0.15, -0.1) is 0 Å². The number of benzene rings is 1. The highest BCUT2D eigenvalue weighted by molar-refractivity contribution is 6.31. The number of rotatable bonds is 4. The normalized spacial score (nSPS) is 14.0. The third-order valence-electron chi connectivity index (χ3n) is 4.25. The summed E-state index contributed by atoms with van der Waals surface area (Å²) in [5.74, 6) is -1.34. The minimum Gasteiger partial charge on any atom is -0.452 e. The standard InChI is InChI=1S/C18H18ClN3O4/c1-11-17(19)12(2)22(20-11)14-7-5-13(6-8-14)18(25)26-10-16(24)21-9-3-4-15(21)23/h5-8H,3-4,9-10H2,1-2H3. The molecule has 0 spiro atoms. The molecule has 2 amide bonds. The molecule has 1 fully saturated rings. The lowest BCUT2D eigenvalue weighted by molar-refractivity contribution is -0.143. The number of esters is 1. The molecule has 1 aliphatic rings. The third kappa shape index (κ3) is 3.48. The monoisotopic (exact) mass is 375 g/mol. The van der Waals surface area contributed by atoms with Crippen LogP contribution in [0.4, 0.5) is 0 Å². The van der Waals surface area contributed by atoms with Gasteiger partial charge in [0, 0.05) is 13.0 Å². The van der Waals surface area contributed by atoms with E-state index < -0.39 is 18.5 Å². The lowest BCUT2D eigenvalue weighted by Gasteiger charge is -2.13. The molecule has 1 aromatic carbocycles. The number of carbonyl (C=O) groups excluding carboxylic acids is 3. The van der Waals surface area contributed by atoms with Crippen molar-refractivity contribution in [3.05, 3.63) is 46.2 Å². The Morgan fingerprint density at radius 2 is 1.92 bits per heavy atom. The number of aryl methyl sites for hydroxylation is 1. The highest BCUT2D eigenvalue weighted by Gasteiger charge is 2.27. The predicted molar refractivity (Wildman–Crippen MR) is 94.3 cm³/mol. The molecule has 0 bridgehead atoms. The first-order valence-electron chi connectivity index (χ1n) is 8.21. The molecule has 7 nitrogen and oxygen atoms in total. The van der Waals surface area contributed by atoms with Gasteiger partial charge in [-0.2, -0.15) is 5.10 Å². The first kappa shape index (κ1) is 18.1. The van der Waals surface area contributed by atoms with Crippen LogP contribution < -0.4 is 0 Å². The van der Waals surface area contributed by atoms with Crippen LogP contribution in [0.15, 0.2) is 24.3 Å². The fourth-order valence-electron chi connectivity index (χ4n) is 2.81. The zero-order chi connectivity index (χ0) is 18.8. The van der Waals surface area contributed by atoms with Crippen LogP contribution >= 0.6 is 11.6 Å². The van der Waals surface area contributed by atoms with Crippen molar-refractivity contribution in [1.82, 2.24) is 14.7 Å². The fraction of sp³-hybridized carbons (Fsp3) is 0.333. The second kappa shape index (κ2) is 7.29. The molecule has 1 aliphatic heterocycles. The van der Waals surface area contributed by atoms with Crippen LogP contribution in [-0.2, 0) is 14.3 Å². The van der Waals surface area contributed by atoms with E-state index in [1.807, 2.05) is 13.8 Å². The van der Waals surface area contributed by atoms with E-state index in [1.54, 1.807) is 28.9 Å². The van der Waals surface area contributed by atoms with E-state index in [0.717, 1.165) is 22.0 Å². The zero-order valence-corrected chi connectivity index (χ0v) is 15.2. The van der Waals surface area contributed by atoms with E-state index in [0.29, 0.717) is 30.0 Å². The van der Waals surface area contributed by atoms with E-state index in [4.69, 9.17) is 16.3 Å². The molecule has 8 heteroatoms. The van der Waals surface area contributed by atoms with Crippen LogP contribution in [0.25, 0.3) is 5.69 Å². The van der Waals surface area contributed by atoms with Crippen molar-refractivity contribution >= 4 is 29.4 Å². The van der Waals surface area contributed by atoms with Gasteiger partial charge < -0.3 is 4.74 Å². The van der Waals surface area contributed by atoms with Gasteiger partial charge in [-0.3, -0.25) is 14.5 Å². The molecule has 0 N–H and O–H groups in total. The van der Waals surface area contributed by atoms with Crippen molar-refractivity contribution in [2.45, 2.75) is 26.7 Å². The van der Waals surface area contributed by atoms with Crippen molar-refractivity contribution in [1.29, 1.82) is 0 Å². The summed E-state index contributed by atoms with van der Waals surface area (Å²) in [5.41, 5.74) is 2.60. The number of hydrogen-bond acceptors (Lipinski definition) is 5. The molecule has 1 saturated heterocycles. The Balaban J connectivity index is 1.64. The van der Waals surface area contributed by atoms with Gasteiger partial charge >= 0.3 is 5.97 Å². The number of nitrogens with zero attached hydrogens (tertiary/aromatic N) is 3. The Bertz CT molecular complexity index is 873. The van der Waals surface area contributed by atoms with Crippen molar-refractivity contribution < 1.29 is 19.1 Å². The van der Waals surface area contributed by atoms with Crippen LogP contribution in [-0.4, -0.2) is 45.6 Å². The number of amides is 2. The van der Waals surface area contributed by atoms with Gasteiger partial charge in [0.05, 0.1) is 27.7 Å². The van der Waals surface area contributed by atoms with Gasteiger partial charge in [0.15, 0.2) is 6.61 Å². The average molecular weight is 376 g/mol. The molecule has 2 heterocycles. The highest BCUT2D eigenvalue weighted by atomic mass is 35.5. The Hall–Kier alpha value is -2.67. The number of imide groups is 1. The Labute approximate surface area is 155 Å². The minimum absolute atomic E-state index is 0.223. The van der Waals surface area contributed by atoms with Crippen LogP contribution in [0.2, 0.25) is 5.02 Å². The summed E-state index contributed by atoms with van der Waals surface area (Å²) >= 11 is 6.15. The molecule has 0 aliphatic carbocycles. The summed E-state index contributed by atoms with van der Waals surface area (Å²) in [7, 11) is 0. The van der Waals surface area contributed by atoms with E-state index in [1.165, 1.54) is 0 Å². The van der Waals surface area contributed by atoms with Crippen molar-refractivity contribution in [2.75, 3.05) is 13.2 Å². The maximum absolute atomic E-state index is 12.1. The lowest BCUT2D eigenvalue weighted by Crippen LogP contribution is -2.35. The summed E-state index contributed by atoms with van der Waals surface area (Å²) in [5, 5.41) is 4.95. The number of hydrogen-bond donors (Lipinski definition) is 0. The summed E-state index contributed by atoms with van der Waals surface area (Å²) in [6.45, 7) is 3.62. The van der Waals surface area contributed by atoms with Gasteiger partial charge in [-0.1, -0.05) is 11.6 Å². The quantitative estimate of drug-likeness (QED) is 0.767. The number of carbonyl (C=O) groups is 3. The first-order chi connectivity index (χ1) is 12.4. The van der Waals surface area contributed by atoms with Crippen LogP contribution in [0.5, 0.6) is 0 Å². The Kier molecular flexibility index (Phi) is 5.08. The second-order valence-corrected chi connectivity index (χ2v) is 6.44. The van der Waals surface area contributed by atoms with Crippen LogP contribution in [0, 0.1) is 13.8 Å². The second-order valence-electron chi connectivity index (χ2n) is 6.06. The number of aromatic nitrogens is 2. The van der Waals surface area contributed by atoms with Gasteiger partial charge in [-0.25, -0.2) is 9.48 Å². The summed E-state index contributed by atoms with van der Waals surface area (Å²) in [4.78, 5) is 36.6. The van der Waals surface area contributed by atoms with E-state index in [9.17, 15) is 14.4 Å². The molecule has 136 valence electrons. The number of likely N-dealkylation sites (tertiary alicyclic amines) is 1. The third-order valence-corrected chi connectivity index (χ3v) is 4.80. The number of halogens is 1. The molecule has 3 rings (SSSR count). The average Bonchev–Trinajstić information content (AvgIpc) is 3.18. The van der Waals surface area contributed by atoms with Crippen LogP contribution in [0.3, 0.4) is 0 Å². The molecule has 0 atom stereocenters. The van der Waals surface area contributed by atoms with Crippen molar-refractivity contribution in [3.8, 4) is 5.69 Å². The van der Waals surface area contributed by atoms with Crippen LogP contribution in [0.1, 0.15) is 34.6 Å². The van der Waals surface area contributed by atoms with Gasteiger partial charge in [-0.05, 0) is 44.5 Å². The van der Waals surface area contributed by atoms with Gasteiger partial charge in [0.25, 0.3) is 5.91 Å². The molecule has 26 heavy (non-hydrogen) atoms. The first-order valence-corrected chi connectivity index (χ1v) is 8.58. The smallest absolute Gasteiger partial charge is 0.338 e. The molecular formula is C18H18ClN3O4. The van der Waals surface area contributed by atoms with E-state index >= 15 is 0 Å². The minimum atomic E-state index is -0.622. The van der Waals surface area contributed by atoms with Gasteiger partial charge in [0.1, 0.15) is 0 Å². The highest BCUT2D eigenvalue weighted by Crippen LogP contribution is 2.22. The van der Waals surface area contributed by atoms with E-state index in [-0.39, 0.29) is 5.91 Å². The summed E-state index contributed by atoms with van der Waals surface area (Å²) in [6, 6.07) is 6.62. The largest absolute Gasteiger partial charge is 0.452 e. The summed E-state index contributed by atoms with van der Waals surface area (Å²) in [6.07, 6.45) is 1.01. The maximum atomic E-state index is 12.1. The SMILES string of the molecule is Cc1nn(-c2ccc(C(=O)OCC(=O)N3CCCC3=O)cc2)c(C)c1Cl. The zero-order valence-electron chi connectivity index (χ0n) is 14.5. The molecular weight excluding hydrogens is 358 g/mol. The maximum Gasteiger partial charge on any atom is 0.338 e. The van der Waals surface area contributed by atoms with Gasteiger partial charge in [0.2, 0.25) is 5.91 Å². The summed E-state index contributed by atoms with van der Waals surface area (Å²) < 4.78 is 6.71. The van der Waals surface area contributed by atoms with Crippen molar-refractivity contribution in [3.63, 3.8) is 0 Å². The molecule has 0 unspecified atom stereocenters. The fourth-order valence-corrected chi connectivity index (χ4v) is 2.93. The van der Waals surface area contributed by atoms with Crippen molar-refractivity contribution in [2.24, 2.45) is 0 Å². The topological polar surface area (TPSA) is 81.5 Å². The Morgan fingerprint density at radius 3 is 2.46 bits per heavy atom.